The summed E-state index contributed by atoms with van der Waals surface area (Å²) in [6.45, 7) is 2.25. The maximum absolute atomic E-state index is 12.4. The molecule has 1 aliphatic rings. The van der Waals surface area contributed by atoms with E-state index in [0.29, 0.717) is 6.54 Å². The van der Waals surface area contributed by atoms with Crippen LogP contribution in [-0.4, -0.2) is 52.7 Å². The Morgan fingerprint density at radius 3 is 2.31 bits per heavy atom. The van der Waals surface area contributed by atoms with Crippen LogP contribution in [0.15, 0.2) is 24.3 Å². The number of nitrogens with zero attached hydrogens (tertiary/aromatic N) is 1. The Hall–Kier alpha value is -2.70. The number of aliphatic carboxylic acids is 1. The van der Waals surface area contributed by atoms with E-state index in [0.717, 1.165) is 24.0 Å². The van der Waals surface area contributed by atoms with Gasteiger partial charge in [0.2, 0.25) is 11.8 Å². The van der Waals surface area contributed by atoms with Crippen molar-refractivity contribution in [3.63, 3.8) is 0 Å². The van der Waals surface area contributed by atoms with Crippen molar-refractivity contribution in [2.75, 3.05) is 13.1 Å². The lowest BCUT2D eigenvalue weighted by molar-refractivity contribution is -0.137. The van der Waals surface area contributed by atoms with E-state index in [1.165, 1.54) is 6.92 Å². The molecule has 0 radical (unpaired) electrons. The zero-order chi connectivity index (χ0) is 19.1. The Morgan fingerprint density at radius 2 is 1.73 bits per heavy atom. The first-order valence-corrected chi connectivity index (χ1v) is 8.73. The molecule has 0 aliphatic carbocycles. The average molecular weight is 360 g/mol. The highest BCUT2D eigenvalue weighted by Gasteiger charge is 2.31. The number of nitrogens with one attached hydrogen (secondary N) is 1. The molecule has 0 bridgehead atoms. The van der Waals surface area contributed by atoms with Gasteiger partial charge in [-0.25, -0.2) is 0 Å². The predicted molar refractivity (Wildman–Crippen MR) is 94.5 cm³/mol. The van der Waals surface area contributed by atoms with E-state index >= 15 is 0 Å². The van der Waals surface area contributed by atoms with E-state index in [1.54, 1.807) is 29.2 Å². The maximum atomic E-state index is 12.4. The predicted octanol–water partition coefficient (Wildman–Crippen LogP) is 0.942. The third kappa shape index (κ3) is 5.68. The van der Waals surface area contributed by atoms with Crippen LogP contribution in [0.3, 0.4) is 0 Å². The molecule has 1 saturated heterocycles. The molecule has 26 heavy (non-hydrogen) atoms. The molecule has 2 rings (SSSR count). The first kappa shape index (κ1) is 19.6. The highest BCUT2D eigenvalue weighted by molar-refractivity contribution is 5.89. The highest BCUT2D eigenvalue weighted by atomic mass is 16.4. The fourth-order valence-electron chi connectivity index (χ4n) is 3.10. The van der Waals surface area contributed by atoms with E-state index in [-0.39, 0.29) is 49.4 Å². The molecule has 140 valence electrons. The normalized spacial score (nSPS) is 16.3. The topological polar surface area (TPSA) is 104 Å². The van der Waals surface area contributed by atoms with Crippen molar-refractivity contribution in [2.45, 2.75) is 45.1 Å². The number of amides is 2. The number of hydrogen-bond acceptors (Lipinski definition) is 4. The van der Waals surface area contributed by atoms with Crippen molar-refractivity contribution in [3.8, 4) is 0 Å². The SMILES string of the molecule is CC(=O)[C@H]1CCCN1C(=O)Cc1ccc(CC(=O)NCCC(=O)O)cc1. The van der Waals surface area contributed by atoms with Gasteiger partial charge in [-0.3, -0.25) is 19.2 Å². The molecule has 1 aromatic carbocycles. The number of Topliss-reactive ketones (excluding diaryl/α,β-unsaturated/α-hetero) is 1. The lowest BCUT2D eigenvalue weighted by Gasteiger charge is -2.22. The number of carbonyl (C=O) groups excluding carboxylic acids is 3. The van der Waals surface area contributed by atoms with E-state index in [2.05, 4.69) is 5.32 Å². The molecule has 0 aromatic heterocycles. The van der Waals surface area contributed by atoms with Crippen LogP contribution in [0, 0.1) is 0 Å². The summed E-state index contributed by atoms with van der Waals surface area (Å²) in [5, 5.41) is 11.1. The second-order valence-corrected chi connectivity index (χ2v) is 6.52. The molecule has 0 spiro atoms. The average Bonchev–Trinajstić information content (AvgIpc) is 3.06. The molecule has 2 N–H and O–H groups in total. The number of carboxylic acid groups (broad SMARTS) is 1. The summed E-state index contributed by atoms with van der Waals surface area (Å²) in [6.07, 6.45) is 1.87. The molecule has 1 fully saturated rings. The van der Waals surface area contributed by atoms with Gasteiger partial charge >= 0.3 is 5.97 Å². The Balaban J connectivity index is 1.85. The van der Waals surface area contributed by atoms with Gasteiger partial charge in [-0.2, -0.15) is 0 Å². The monoisotopic (exact) mass is 360 g/mol. The summed E-state index contributed by atoms with van der Waals surface area (Å²) in [7, 11) is 0. The Bertz CT molecular complexity index is 684. The Kier molecular flexibility index (Phi) is 6.89. The van der Waals surface area contributed by atoms with E-state index in [4.69, 9.17) is 5.11 Å². The Morgan fingerprint density at radius 1 is 1.12 bits per heavy atom. The van der Waals surface area contributed by atoms with Gasteiger partial charge in [-0.15, -0.1) is 0 Å². The van der Waals surface area contributed by atoms with Crippen LogP contribution >= 0.6 is 0 Å². The molecule has 0 unspecified atom stereocenters. The summed E-state index contributed by atoms with van der Waals surface area (Å²) in [6, 6.07) is 6.88. The van der Waals surface area contributed by atoms with Crippen LogP contribution in [0.2, 0.25) is 0 Å². The number of benzene rings is 1. The number of carboxylic acids is 1. The maximum Gasteiger partial charge on any atom is 0.305 e. The molecule has 1 aliphatic heterocycles. The van der Waals surface area contributed by atoms with Gasteiger partial charge in [0.05, 0.1) is 25.3 Å². The minimum absolute atomic E-state index is 0.0279. The molecule has 7 heteroatoms. The standard InChI is InChI=1S/C19H24N2O5/c1-13(22)16-3-2-10-21(16)18(24)12-15-6-4-14(5-7-15)11-17(23)20-9-8-19(25)26/h4-7,16H,2-3,8-12H2,1H3,(H,20,23)(H,25,26)/t16-/m1/s1. The lowest BCUT2D eigenvalue weighted by Crippen LogP contribution is -2.40. The first-order chi connectivity index (χ1) is 12.4. The quantitative estimate of drug-likeness (QED) is 0.718. The summed E-state index contributed by atoms with van der Waals surface area (Å²) in [5.74, 6) is -1.22. The van der Waals surface area contributed by atoms with Crippen molar-refractivity contribution >= 4 is 23.6 Å². The third-order valence-corrected chi connectivity index (χ3v) is 4.45. The molecule has 7 nitrogen and oxygen atoms in total. The van der Waals surface area contributed by atoms with Gasteiger partial charge in [-0.05, 0) is 30.9 Å². The summed E-state index contributed by atoms with van der Waals surface area (Å²) in [5.41, 5.74) is 1.62. The first-order valence-electron chi connectivity index (χ1n) is 8.73. The van der Waals surface area contributed by atoms with Crippen molar-refractivity contribution in [1.82, 2.24) is 10.2 Å². The minimum Gasteiger partial charge on any atom is -0.481 e. The fourth-order valence-corrected chi connectivity index (χ4v) is 3.10. The summed E-state index contributed by atoms with van der Waals surface area (Å²) in [4.78, 5) is 47.8. The van der Waals surface area contributed by atoms with Crippen molar-refractivity contribution in [3.05, 3.63) is 35.4 Å². The smallest absolute Gasteiger partial charge is 0.305 e. The zero-order valence-electron chi connectivity index (χ0n) is 14.9. The van der Waals surface area contributed by atoms with Crippen molar-refractivity contribution in [2.24, 2.45) is 0 Å². The number of likely N-dealkylation sites (tertiary alicyclic amines) is 1. The van der Waals surface area contributed by atoms with Gasteiger partial charge in [0.25, 0.3) is 0 Å². The summed E-state index contributed by atoms with van der Waals surface area (Å²) < 4.78 is 0. The van der Waals surface area contributed by atoms with Gasteiger partial charge < -0.3 is 15.3 Å². The lowest BCUT2D eigenvalue weighted by atomic mass is 10.1. The van der Waals surface area contributed by atoms with Crippen LogP contribution in [-0.2, 0) is 32.0 Å². The van der Waals surface area contributed by atoms with Gasteiger partial charge in [0.1, 0.15) is 0 Å². The number of rotatable bonds is 8. The van der Waals surface area contributed by atoms with Crippen LogP contribution in [0.5, 0.6) is 0 Å². The number of hydrogen-bond donors (Lipinski definition) is 2. The molecular formula is C19H24N2O5. The van der Waals surface area contributed by atoms with E-state index in [9.17, 15) is 19.2 Å². The van der Waals surface area contributed by atoms with E-state index in [1.807, 2.05) is 0 Å². The van der Waals surface area contributed by atoms with Crippen molar-refractivity contribution in [1.29, 1.82) is 0 Å². The number of ketones is 1. The molecule has 1 atom stereocenters. The highest BCUT2D eigenvalue weighted by Crippen LogP contribution is 2.19. The number of carbonyl (C=O) groups is 4. The fraction of sp³-hybridized carbons (Fsp3) is 0.474. The Labute approximate surface area is 152 Å². The largest absolute Gasteiger partial charge is 0.481 e. The van der Waals surface area contributed by atoms with Crippen molar-refractivity contribution < 1.29 is 24.3 Å². The van der Waals surface area contributed by atoms with Gasteiger partial charge in [0.15, 0.2) is 5.78 Å². The summed E-state index contributed by atoms with van der Waals surface area (Å²) >= 11 is 0. The molecule has 0 saturated carbocycles. The zero-order valence-corrected chi connectivity index (χ0v) is 14.9. The molecular weight excluding hydrogens is 336 g/mol. The van der Waals surface area contributed by atoms with Crippen LogP contribution in [0.1, 0.15) is 37.3 Å². The molecule has 2 amide bonds. The molecule has 1 aromatic rings. The van der Waals surface area contributed by atoms with Gasteiger partial charge in [-0.1, -0.05) is 24.3 Å². The van der Waals surface area contributed by atoms with E-state index < -0.39 is 5.97 Å². The minimum atomic E-state index is -0.954. The third-order valence-electron chi connectivity index (χ3n) is 4.45. The second kappa shape index (κ2) is 9.12. The van der Waals surface area contributed by atoms with Gasteiger partial charge in [0, 0.05) is 13.1 Å². The second-order valence-electron chi connectivity index (χ2n) is 6.52. The van der Waals surface area contributed by atoms with Crippen LogP contribution in [0.25, 0.3) is 0 Å². The van der Waals surface area contributed by atoms with Crippen LogP contribution in [0.4, 0.5) is 0 Å². The molecule has 1 heterocycles. The van der Waals surface area contributed by atoms with Crippen LogP contribution < -0.4 is 5.32 Å².